The van der Waals surface area contributed by atoms with Crippen LogP contribution in [0.1, 0.15) is 12.8 Å². The molecule has 0 radical (unpaired) electrons. The van der Waals surface area contributed by atoms with Crippen molar-refractivity contribution in [1.82, 2.24) is 5.06 Å². The molecule has 2 heterocycles. The van der Waals surface area contributed by atoms with Gasteiger partial charge in [-0.25, -0.2) is 9.80 Å². The summed E-state index contributed by atoms with van der Waals surface area (Å²) in [5.41, 5.74) is 0.793. The highest BCUT2D eigenvalue weighted by atomic mass is 16.5. The largest absolute Gasteiger partial charge is 0.312 e. The lowest BCUT2D eigenvalue weighted by Gasteiger charge is -2.25. The zero-order valence-electron chi connectivity index (χ0n) is 14.8. The summed E-state index contributed by atoms with van der Waals surface area (Å²) < 4.78 is 0. The quantitative estimate of drug-likeness (QED) is 0.636. The van der Waals surface area contributed by atoms with Crippen LogP contribution >= 0.6 is 0 Å². The van der Waals surface area contributed by atoms with Crippen molar-refractivity contribution in [3.8, 4) is 0 Å². The van der Waals surface area contributed by atoms with Gasteiger partial charge in [0, 0.05) is 0 Å². The Morgan fingerprint density at radius 1 is 0.679 bits per heavy atom. The minimum absolute atomic E-state index is 0.270. The molecule has 0 aliphatic carbocycles. The molecule has 2 aromatic carbocycles. The van der Waals surface area contributed by atoms with Crippen LogP contribution in [0.2, 0.25) is 0 Å². The van der Waals surface area contributed by atoms with E-state index in [1.807, 2.05) is 0 Å². The Labute approximate surface area is 160 Å². The molecule has 2 fully saturated rings. The second kappa shape index (κ2) is 6.99. The van der Waals surface area contributed by atoms with Gasteiger partial charge >= 0.3 is 0 Å². The summed E-state index contributed by atoms with van der Waals surface area (Å²) in [6.45, 7) is 0. The third-order valence-electron chi connectivity index (χ3n) is 4.91. The first kappa shape index (κ1) is 18.0. The first-order valence-electron chi connectivity index (χ1n) is 8.80. The van der Waals surface area contributed by atoms with Crippen LogP contribution in [-0.2, 0) is 19.2 Å². The number of nitrogens with zero attached hydrogens (tertiary/aromatic N) is 3. The number of imide groups is 2. The number of hydroxylamine groups is 2. The second-order valence-corrected chi connectivity index (χ2v) is 6.63. The maximum Gasteiger partial charge on any atom is 0.254 e. The Morgan fingerprint density at radius 2 is 1.04 bits per heavy atom. The molecule has 2 aliphatic heterocycles. The van der Waals surface area contributed by atoms with Crippen LogP contribution in [0.25, 0.3) is 0 Å². The smallest absolute Gasteiger partial charge is 0.254 e. The normalized spacial score (nSPS) is 22.6. The maximum absolute atomic E-state index is 12.7. The molecule has 0 saturated carbocycles. The minimum Gasteiger partial charge on any atom is -0.312 e. The summed E-state index contributed by atoms with van der Waals surface area (Å²) in [7, 11) is 0. The zero-order valence-corrected chi connectivity index (χ0v) is 14.8. The summed E-state index contributed by atoms with van der Waals surface area (Å²) in [5.74, 6) is -2.21. The van der Waals surface area contributed by atoms with E-state index in [0.29, 0.717) is 16.4 Å². The molecule has 2 aromatic rings. The van der Waals surface area contributed by atoms with Crippen molar-refractivity contribution in [3.63, 3.8) is 0 Å². The van der Waals surface area contributed by atoms with E-state index in [-0.39, 0.29) is 12.8 Å². The Bertz CT molecular complexity index is 869. The monoisotopic (exact) mass is 379 g/mol. The fourth-order valence-electron chi connectivity index (χ4n) is 3.56. The lowest BCUT2D eigenvalue weighted by atomic mass is 10.1. The van der Waals surface area contributed by atoms with E-state index >= 15 is 0 Å². The molecule has 4 rings (SSSR count). The van der Waals surface area contributed by atoms with E-state index in [2.05, 4.69) is 0 Å². The molecule has 8 heteroatoms. The molecule has 0 unspecified atom stereocenters. The molecule has 8 nitrogen and oxygen atoms in total. The summed E-state index contributed by atoms with van der Waals surface area (Å²) in [4.78, 5) is 52.2. The molecular weight excluding hydrogens is 362 g/mol. The van der Waals surface area contributed by atoms with Crippen LogP contribution in [0.3, 0.4) is 0 Å². The van der Waals surface area contributed by atoms with Crippen LogP contribution in [0.15, 0.2) is 60.7 Å². The van der Waals surface area contributed by atoms with Crippen molar-refractivity contribution < 1.29 is 24.4 Å². The number of hydrogen-bond acceptors (Lipinski definition) is 6. The van der Waals surface area contributed by atoms with Crippen molar-refractivity contribution in [2.75, 3.05) is 9.80 Å². The fraction of sp³-hybridized carbons (Fsp3) is 0.200. The molecule has 28 heavy (non-hydrogen) atoms. The number of hydrogen-bond donors (Lipinski definition) is 1. The zero-order chi connectivity index (χ0) is 19.8. The molecule has 1 N–H and O–H groups in total. The van der Waals surface area contributed by atoms with Crippen LogP contribution < -0.4 is 9.80 Å². The Balaban J connectivity index is 1.56. The van der Waals surface area contributed by atoms with E-state index in [4.69, 9.17) is 0 Å². The highest BCUT2D eigenvalue weighted by Gasteiger charge is 2.50. The van der Waals surface area contributed by atoms with Gasteiger partial charge in [-0.3, -0.25) is 19.2 Å². The van der Waals surface area contributed by atoms with Crippen molar-refractivity contribution >= 4 is 35.0 Å². The summed E-state index contributed by atoms with van der Waals surface area (Å²) in [5, 5.41) is 11.2. The highest BCUT2D eigenvalue weighted by molar-refractivity contribution is 6.24. The van der Waals surface area contributed by atoms with Gasteiger partial charge in [0.05, 0.1) is 24.2 Å². The number of rotatable bonds is 4. The molecule has 0 spiro atoms. The standard InChI is InChI=1S/C20H17N3O5/c24-17-11-15(19(26)21(17)13-7-3-1-4-8-13)23(28)16-12-18(25)22(20(16)27)14-9-5-2-6-10-14/h1-10,15-16,28H,11-12H2/t15-,16-/m1/s1. The molecule has 2 aliphatic rings. The molecule has 2 atom stereocenters. The van der Waals surface area contributed by atoms with E-state index < -0.39 is 35.7 Å². The van der Waals surface area contributed by atoms with Crippen LogP contribution in [0, 0.1) is 0 Å². The van der Waals surface area contributed by atoms with E-state index in [1.54, 1.807) is 60.7 Å². The summed E-state index contributed by atoms with van der Waals surface area (Å²) >= 11 is 0. The number of carbonyl (C=O) groups is 4. The topological polar surface area (TPSA) is 98.2 Å². The Morgan fingerprint density at radius 3 is 1.39 bits per heavy atom. The average Bonchev–Trinajstić information content (AvgIpc) is 3.17. The van der Waals surface area contributed by atoms with Crippen molar-refractivity contribution in [1.29, 1.82) is 0 Å². The number of benzene rings is 2. The third-order valence-corrected chi connectivity index (χ3v) is 4.91. The minimum atomic E-state index is -1.22. The van der Waals surface area contributed by atoms with Gasteiger partial charge in [-0.05, 0) is 24.3 Å². The van der Waals surface area contributed by atoms with Gasteiger partial charge in [-0.15, -0.1) is 0 Å². The van der Waals surface area contributed by atoms with Crippen molar-refractivity contribution in [3.05, 3.63) is 60.7 Å². The summed E-state index contributed by atoms with van der Waals surface area (Å²) in [6, 6.07) is 14.3. The maximum atomic E-state index is 12.7. The Hall–Kier alpha value is -3.36. The van der Waals surface area contributed by atoms with Gasteiger partial charge in [0.25, 0.3) is 11.8 Å². The van der Waals surface area contributed by atoms with Crippen LogP contribution in [-0.4, -0.2) is 46.0 Å². The van der Waals surface area contributed by atoms with E-state index in [0.717, 1.165) is 9.80 Å². The van der Waals surface area contributed by atoms with Gasteiger partial charge in [-0.1, -0.05) is 36.4 Å². The highest BCUT2D eigenvalue weighted by Crippen LogP contribution is 2.30. The molecule has 0 bridgehead atoms. The van der Waals surface area contributed by atoms with Gasteiger partial charge in [0.2, 0.25) is 11.8 Å². The number of para-hydroxylation sites is 2. The lowest BCUT2D eigenvalue weighted by molar-refractivity contribution is -0.172. The molecule has 0 aromatic heterocycles. The van der Waals surface area contributed by atoms with Gasteiger partial charge in [0.1, 0.15) is 12.1 Å². The first-order chi connectivity index (χ1) is 13.5. The van der Waals surface area contributed by atoms with Crippen LogP contribution in [0.4, 0.5) is 11.4 Å². The lowest BCUT2D eigenvalue weighted by Crippen LogP contribution is -2.48. The van der Waals surface area contributed by atoms with Gasteiger partial charge in [0.15, 0.2) is 0 Å². The average molecular weight is 379 g/mol. The third kappa shape index (κ3) is 2.88. The van der Waals surface area contributed by atoms with Gasteiger partial charge < -0.3 is 5.21 Å². The van der Waals surface area contributed by atoms with E-state index in [1.165, 1.54) is 0 Å². The summed E-state index contributed by atoms with van der Waals surface area (Å²) in [6.07, 6.45) is -0.541. The van der Waals surface area contributed by atoms with Crippen molar-refractivity contribution in [2.45, 2.75) is 24.9 Å². The predicted octanol–water partition coefficient (Wildman–Crippen LogP) is 1.34. The first-order valence-corrected chi connectivity index (χ1v) is 8.80. The predicted molar refractivity (Wildman–Crippen MR) is 98.3 cm³/mol. The molecule has 4 amide bonds. The number of carbonyl (C=O) groups excluding carboxylic acids is 4. The molecule has 2 saturated heterocycles. The second-order valence-electron chi connectivity index (χ2n) is 6.63. The Kier molecular flexibility index (Phi) is 4.50. The van der Waals surface area contributed by atoms with Crippen LogP contribution in [0.5, 0.6) is 0 Å². The fourth-order valence-corrected chi connectivity index (χ4v) is 3.56. The molecule has 142 valence electrons. The SMILES string of the molecule is O=C1C[C@@H](N(O)[C@@H]2CC(=O)N(c3ccccc3)C2=O)C(=O)N1c1ccccc1. The van der Waals surface area contributed by atoms with Crippen molar-refractivity contribution in [2.24, 2.45) is 0 Å². The number of anilines is 2. The molecular formula is C20H17N3O5. The van der Waals surface area contributed by atoms with Gasteiger partial charge in [-0.2, -0.15) is 5.06 Å². The number of amides is 4. The van der Waals surface area contributed by atoms with E-state index in [9.17, 15) is 24.4 Å².